The lowest BCUT2D eigenvalue weighted by Gasteiger charge is -2.33. The minimum absolute atomic E-state index is 0.751. The van der Waals surface area contributed by atoms with E-state index in [-0.39, 0.29) is 0 Å². The SMILES string of the molecule is CCCCCCOc1ccc(C2=C(c3ccc(OCCCCCC)cc3)C(c3ccc(OCCCCCC)cc3)=C2c2ccc(OCCCCCC)cc2)cc1. The van der Waals surface area contributed by atoms with Crippen LogP contribution in [0.3, 0.4) is 0 Å². The lowest BCUT2D eigenvalue weighted by molar-refractivity contribution is 0.305. The number of hydrogen-bond acceptors (Lipinski definition) is 4. The average molecular weight is 757 g/mol. The van der Waals surface area contributed by atoms with Gasteiger partial charge in [0.15, 0.2) is 0 Å². The highest BCUT2D eigenvalue weighted by molar-refractivity contribution is 6.43. The standard InChI is InChI=1S/C52H68O4/c1-5-9-13-17-37-53-45-29-21-41(22-30-45)49-50(42-23-31-46(32-24-42)54-38-18-14-10-6-2)52(44-27-35-48(36-28-44)56-40-20-16-12-8-4)51(49)43-25-33-47(34-26-43)55-39-19-15-11-7-3/h21-36H,5-20,37-40H2,1-4H3. The lowest BCUT2D eigenvalue weighted by Crippen LogP contribution is -2.11. The van der Waals surface area contributed by atoms with Crippen molar-refractivity contribution >= 4 is 22.3 Å². The normalized spacial score (nSPS) is 12.5. The number of allylic oxidation sites excluding steroid dienone is 4. The van der Waals surface area contributed by atoms with Crippen molar-refractivity contribution in [3.63, 3.8) is 0 Å². The minimum atomic E-state index is 0.751. The fourth-order valence-corrected chi connectivity index (χ4v) is 7.34. The van der Waals surface area contributed by atoms with Crippen LogP contribution in [0.4, 0.5) is 0 Å². The number of unbranched alkanes of at least 4 members (excludes halogenated alkanes) is 12. The summed E-state index contributed by atoms with van der Waals surface area (Å²) in [6.07, 6.45) is 19.1. The van der Waals surface area contributed by atoms with E-state index in [2.05, 4.69) is 125 Å². The number of hydrogen-bond donors (Lipinski definition) is 0. The van der Waals surface area contributed by atoms with Gasteiger partial charge < -0.3 is 18.9 Å². The zero-order chi connectivity index (χ0) is 39.2. The van der Waals surface area contributed by atoms with E-state index in [4.69, 9.17) is 18.9 Å². The van der Waals surface area contributed by atoms with E-state index >= 15 is 0 Å². The Kier molecular flexibility index (Phi) is 18.5. The topological polar surface area (TPSA) is 36.9 Å². The van der Waals surface area contributed by atoms with Crippen molar-refractivity contribution in [1.29, 1.82) is 0 Å². The van der Waals surface area contributed by atoms with E-state index in [1.54, 1.807) is 0 Å². The van der Waals surface area contributed by atoms with Crippen LogP contribution in [0, 0.1) is 0 Å². The molecular weight excluding hydrogens is 689 g/mol. The predicted octanol–water partition coefficient (Wildman–Crippen LogP) is 15.1. The predicted molar refractivity (Wildman–Crippen MR) is 238 cm³/mol. The van der Waals surface area contributed by atoms with Gasteiger partial charge in [0.05, 0.1) is 26.4 Å². The van der Waals surface area contributed by atoms with Gasteiger partial charge in [-0.25, -0.2) is 0 Å². The second-order valence-corrected chi connectivity index (χ2v) is 15.2. The van der Waals surface area contributed by atoms with Crippen molar-refractivity contribution in [3.8, 4) is 23.0 Å². The van der Waals surface area contributed by atoms with Crippen molar-refractivity contribution in [2.45, 2.75) is 130 Å². The van der Waals surface area contributed by atoms with Crippen LogP contribution in [0.25, 0.3) is 22.3 Å². The Hall–Kier alpha value is -4.44. The van der Waals surface area contributed by atoms with Gasteiger partial charge in [-0.05, 0) is 119 Å². The Morgan fingerprint density at radius 2 is 0.446 bits per heavy atom. The summed E-state index contributed by atoms with van der Waals surface area (Å²) in [5.74, 6) is 3.68. The first-order chi connectivity index (χ1) is 27.7. The Balaban J connectivity index is 1.49. The van der Waals surface area contributed by atoms with Gasteiger partial charge in [-0.3, -0.25) is 0 Å². The van der Waals surface area contributed by atoms with E-state index in [0.717, 1.165) is 75.1 Å². The van der Waals surface area contributed by atoms with Crippen LogP contribution in [-0.4, -0.2) is 26.4 Å². The smallest absolute Gasteiger partial charge is 0.119 e. The number of ether oxygens (including phenoxy) is 4. The fourth-order valence-electron chi connectivity index (χ4n) is 7.34. The molecule has 4 aromatic rings. The summed E-state index contributed by atoms with van der Waals surface area (Å²) in [7, 11) is 0. The van der Waals surface area contributed by atoms with Gasteiger partial charge in [-0.15, -0.1) is 0 Å². The third-order valence-electron chi connectivity index (χ3n) is 10.6. The maximum absolute atomic E-state index is 6.18. The molecule has 0 N–H and O–H groups in total. The van der Waals surface area contributed by atoms with Crippen LogP contribution in [0.5, 0.6) is 23.0 Å². The summed E-state index contributed by atoms with van der Waals surface area (Å²) in [4.78, 5) is 0. The third kappa shape index (κ3) is 12.8. The molecule has 1 aliphatic carbocycles. The van der Waals surface area contributed by atoms with Gasteiger partial charge >= 0.3 is 0 Å². The summed E-state index contributed by atoms with van der Waals surface area (Å²) >= 11 is 0. The molecule has 0 atom stereocenters. The van der Waals surface area contributed by atoms with Crippen LogP contribution < -0.4 is 18.9 Å². The van der Waals surface area contributed by atoms with Crippen molar-refractivity contribution in [2.24, 2.45) is 0 Å². The largest absolute Gasteiger partial charge is 0.494 e. The summed E-state index contributed by atoms with van der Waals surface area (Å²) in [6.45, 7) is 12.0. The molecule has 300 valence electrons. The van der Waals surface area contributed by atoms with Crippen molar-refractivity contribution < 1.29 is 18.9 Å². The first-order valence-electron chi connectivity index (χ1n) is 22.1. The molecule has 56 heavy (non-hydrogen) atoms. The van der Waals surface area contributed by atoms with Gasteiger partial charge in [0, 0.05) is 0 Å². The molecule has 0 bridgehead atoms. The Morgan fingerprint density at radius 3 is 0.625 bits per heavy atom. The summed E-state index contributed by atoms with van der Waals surface area (Å²) in [5, 5.41) is 0. The van der Waals surface area contributed by atoms with E-state index in [9.17, 15) is 0 Å². The summed E-state index contributed by atoms with van der Waals surface area (Å²) < 4.78 is 24.7. The van der Waals surface area contributed by atoms with Crippen molar-refractivity contribution in [1.82, 2.24) is 0 Å². The minimum Gasteiger partial charge on any atom is -0.494 e. The molecule has 0 heterocycles. The van der Waals surface area contributed by atoms with Crippen LogP contribution in [0.1, 0.15) is 153 Å². The highest BCUT2D eigenvalue weighted by atomic mass is 16.5. The van der Waals surface area contributed by atoms with Gasteiger partial charge in [-0.1, -0.05) is 153 Å². The van der Waals surface area contributed by atoms with Crippen molar-refractivity contribution in [3.05, 3.63) is 119 Å². The summed E-state index contributed by atoms with van der Waals surface area (Å²) in [6, 6.07) is 34.9. The lowest BCUT2D eigenvalue weighted by atomic mass is 9.69. The second-order valence-electron chi connectivity index (χ2n) is 15.2. The molecule has 5 rings (SSSR count). The third-order valence-corrected chi connectivity index (χ3v) is 10.6. The molecule has 4 nitrogen and oxygen atoms in total. The Bertz CT molecular complexity index is 1470. The Morgan fingerprint density at radius 1 is 0.250 bits per heavy atom. The quantitative estimate of drug-likeness (QED) is 0.0541. The van der Waals surface area contributed by atoms with E-state index in [1.807, 2.05) is 0 Å². The molecule has 0 aromatic heterocycles. The van der Waals surface area contributed by atoms with Crippen molar-refractivity contribution in [2.75, 3.05) is 26.4 Å². The maximum atomic E-state index is 6.18. The molecule has 0 saturated heterocycles. The molecule has 1 aliphatic rings. The molecule has 0 unspecified atom stereocenters. The summed E-state index contributed by atoms with van der Waals surface area (Å²) in [5.41, 5.74) is 9.68. The molecule has 0 aliphatic heterocycles. The first kappa shape index (κ1) is 42.7. The maximum Gasteiger partial charge on any atom is 0.119 e. The van der Waals surface area contributed by atoms with Crippen LogP contribution in [0.15, 0.2) is 97.1 Å². The molecule has 0 amide bonds. The molecular formula is C52H68O4. The zero-order valence-corrected chi connectivity index (χ0v) is 35.0. The van der Waals surface area contributed by atoms with Crippen LogP contribution in [0.2, 0.25) is 0 Å². The average Bonchev–Trinajstić information content (AvgIpc) is 3.22. The molecule has 0 fully saturated rings. The molecule has 4 heteroatoms. The van der Waals surface area contributed by atoms with E-state index in [0.29, 0.717) is 0 Å². The highest BCUT2D eigenvalue weighted by Gasteiger charge is 2.33. The molecule has 0 radical (unpaired) electrons. The number of rotatable bonds is 28. The molecule has 0 saturated carbocycles. The number of benzene rings is 4. The van der Waals surface area contributed by atoms with Gasteiger partial charge in [-0.2, -0.15) is 0 Å². The fraction of sp³-hybridized carbons (Fsp3) is 0.462. The van der Waals surface area contributed by atoms with E-state index in [1.165, 1.54) is 122 Å². The molecule has 0 spiro atoms. The van der Waals surface area contributed by atoms with Gasteiger partial charge in [0.2, 0.25) is 0 Å². The Labute approximate surface area is 339 Å². The van der Waals surface area contributed by atoms with Gasteiger partial charge in [0.1, 0.15) is 23.0 Å². The van der Waals surface area contributed by atoms with E-state index < -0.39 is 0 Å². The first-order valence-corrected chi connectivity index (χ1v) is 22.1. The highest BCUT2D eigenvalue weighted by Crippen LogP contribution is 2.56. The van der Waals surface area contributed by atoms with Gasteiger partial charge in [0.25, 0.3) is 0 Å². The molecule has 4 aromatic carbocycles. The van der Waals surface area contributed by atoms with Crippen LogP contribution >= 0.6 is 0 Å². The van der Waals surface area contributed by atoms with Crippen LogP contribution in [-0.2, 0) is 0 Å². The monoisotopic (exact) mass is 757 g/mol. The second kappa shape index (κ2) is 24.3. The zero-order valence-electron chi connectivity index (χ0n) is 35.0.